The Labute approximate surface area is 290 Å². The van der Waals surface area contributed by atoms with E-state index in [1.807, 2.05) is 30.8 Å². The number of amides is 2. The second-order valence-electron chi connectivity index (χ2n) is 12.3. The van der Waals surface area contributed by atoms with Crippen molar-refractivity contribution in [2.45, 2.75) is 111 Å². The van der Waals surface area contributed by atoms with Crippen LogP contribution < -0.4 is 10.1 Å². The minimum Gasteiger partial charge on any atom is -0.461 e. The maximum Gasteiger partial charge on any atom is 0.414 e. The van der Waals surface area contributed by atoms with Crippen molar-refractivity contribution in [3.8, 4) is 5.75 Å². The van der Waals surface area contributed by atoms with Crippen molar-refractivity contribution in [2.75, 3.05) is 46.5 Å². The number of benzene rings is 1. The third-order valence-corrected chi connectivity index (χ3v) is 8.31. The van der Waals surface area contributed by atoms with Gasteiger partial charge in [-0.15, -0.1) is 0 Å². The van der Waals surface area contributed by atoms with Gasteiger partial charge < -0.3 is 34.1 Å². The third-order valence-electron chi connectivity index (χ3n) is 7.12. The normalized spacial score (nSPS) is 11.6. The number of unbranched alkanes of at least 4 members (excludes halogenated alkanes) is 3. The highest BCUT2D eigenvalue weighted by atomic mass is 32.2. The fraction of sp³-hybridized carbons (Fsp3) is 0.686. The molecular weight excluding hydrogens is 638 g/mol. The fourth-order valence-electron chi connectivity index (χ4n) is 4.71. The van der Waals surface area contributed by atoms with Crippen LogP contribution in [0.4, 0.5) is 4.79 Å². The maximum atomic E-state index is 13.1. The van der Waals surface area contributed by atoms with Gasteiger partial charge in [0.05, 0.1) is 0 Å². The Balaban J connectivity index is 3.10. The first-order valence-corrected chi connectivity index (χ1v) is 17.8. The molecular formula is C35H57N3O9S. The highest BCUT2D eigenvalue weighted by Crippen LogP contribution is 2.34. The molecule has 1 unspecified atom stereocenters. The minimum atomic E-state index is -0.760. The molecule has 0 aliphatic heterocycles. The summed E-state index contributed by atoms with van der Waals surface area (Å²) < 4.78 is 22.0. The Morgan fingerprint density at radius 3 is 1.94 bits per heavy atom. The largest absolute Gasteiger partial charge is 0.461 e. The first kappa shape index (κ1) is 42.7. The lowest BCUT2D eigenvalue weighted by Crippen LogP contribution is -2.32. The molecule has 0 saturated heterocycles. The van der Waals surface area contributed by atoms with Gasteiger partial charge in [-0.25, -0.2) is 4.79 Å². The second kappa shape index (κ2) is 23.9. The highest BCUT2D eigenvalue weighted by Gasteiger charge is 2.24. The maximum absolute atomic E-state index is 13.1. The zero-order valence-corrected chi connectivity index (χ0v) is 31.0. The van der Waals surface area contributed by atoms with Crippen molar-refractivity contribution in [2.24, 2.45) is 0 Å². The van der Waals surface area contributed by atoms with E-state index in [2.05, 4.69) is 19.2 Å². The molecule has 48 heavy (non-hydrogen) atoms. The van der Waals surface area contributed by atoms with E-state index in [0.29, 0.717) is 47.9 Å². The quantitative estimate of drug-likeness (QED) is 0.0845. The van der Waals surface area contributed by atoms with Crippen LogP contribution in [-0.4, -0.2) is 91.5 Å². The van der Waals surface area contributed by atoms with Gasteiger partial charge in [0.25, 0.3) is 0 Å². The molecule has 0 radical (unpaired) electrons. The van der Waals surface area contributed by atoms with Crippen molar-refractivity contribution in [1.82, 2.24) is 15.1 Å². The van der Waals surface area contributed by atoms with Gasteiger partial charge in [-0.1, -0.05) is 26.7 Å². The van der Waals surface area contributed by atoms with E-state index in [0.717, 1.165) is 38.0 Å². The molecule has 1 atom stereocenters. The van der Waals surface area contributed by atoms with E-state index in [1.165, 1.54) is 32.1 Å². The molecule has 0 bridgehead atoms. The van der Waals surface area contributed by atoms with Crippen LogP contribution in [-0.2, 0) is 46.6 Å². The first-order valence-electron chi connectivity index (χ1n) is 16.7. The summed E-state index contributed by atoms with van der Waals surface area (Å²) in [5.74, 6) is -0.443. The van der Waals surface area contributed by atoms with Gasteiger partial charge in [0.1, 0.15) is 25.1 Å². The molecule has 0 spiro atoms. The molecule has 12 nitrogen and oxygen atoms in total. The predicted octanol–water partition coefficient (Wildman–Crippen LogP) is 5.79. The Kier molecular flexibility index (Phi) is 21.3. The predicted molar refractivity (Wildman–Crippen MR) is 187 cm³/mol. The molecule has 1 rings (SSSR count). The van der Waals surface area contributed by atoms with Crippen LogP contribution in [0.5, 0.6) is 5.75 Å². The molecule has 0 aromatic heterocycles. The van der Waals surface area contributed by atoms with E-state index >= 15 is 0 Å². The average molecular weight is 696 g/mol. The van der Waals surface area contributed by atoms with E-state index < -0.39 is 30.1 Å². The molecule has 0 saturated carbocycles. The lowest BCUT2D eigenvalue weighted by molar-refractivity contribution is -0.147. The van der Waals surface area contributed by atoms with Crippen molar-refractivity contribution >= 4 is 41.7 Å². The Bertz CT molecular complexity index is 1140. The van der Waals surface area contributed by atoms with Crippen LogP contribution in [0.1, 0.15) is 109 Å². The smallest absolute Gasteiger partial charge is 0.414 e. The zero-order chi connectivity index (χ0) is 36.1. The van der Waals surface area contributed by atoms with Gasteiger partial charge in [-0.05, 0) is 81.4 Å². The highest BCUT2D eigenvalue weighted by molar-refractivity contribution is 7.99. The number of carbonyl (C=O) groups is 5. The van der Waals surface area contributed by atoms with Crippen LogP contribution in [0.15, 0.2) is 12.1 Å². The molecule has 0 aliphatic carbocycles. The van der Waals surface area contributed by atoms with Gasteiger partial charge in [0, 0.05) is 58.5 Å². The number of hydrogen-bond donors (Lipinski definition) is 1. The molecule has 13 heteroatoms. The van der Waals surface area contributed by atoms with Crippen molar-refractivity contribution < 1.29 is 42.9 Å². The topological polar surface area (TPSA) is 141 Å². The molecule has 1 aromatic rings. The first-order chi connectivity index (χ1) is 22.7. The number of nitrogens with zero attached hydrogens (tertiary/aromatic N) is 2. The fourth-order valence-corrected chi connectivity index (χ4v) is 5.55. The number of rotatable bonds is 23. The van der Waals surface area contributed by atoms with Gasteiger partial charge >= 0.3 is 24.0 Å². The summed E-state index contributed by atoms with van der Waals surface area (Å²) in [7, 11) is 5.50. The lowest BCUT2D eigenvalue weighted by atomic mass is 9.97. The van der Waals surface area contributed by atoms with Crippen molar-refractivity contribution in [3.63, 3.8) is 0 Å². The number of hydrogen-bond acceptors (Lipinski definition) is 11. The van der Waals surface area contributed by atoms with E-state index in [1.54, 1.807) is 19.2 Å². The lowest BCUT2D eigenvalue weighted by Gasteiger charge is -2.23. The monoisotopic (exact) mass is 695 g/mol. The van der Waals surface area contributed by atoms with Crippen molar-refractivity contribution in [3.05, 3.63) is 28.8 Å². The number of thioether (sulfide) groups is 1. The van der Waals surface area contributed by atoms with Crippen LogP contribution in [0.3, 0.4) is 0 Å². The molecule has 1 N–H and O–H groups in total. The molecule has 0 fully saturated rings. The van der Waals surface area contributed by atoms with Gasteiger partial charge in [0.2, 0.25) is 5.91 Å². The Morgan fingerprint density at radius 1 is 0.792 bits per heavy atom. The number of esters is 3. The van der Waals surface area contributed by atoms with Crippen LogP contribution >= 0.6 is 11.8 Å². The number of carbonyl (C=O) groups excluding carboxylic acids is 5. The van der Waals surface area contributed by atoms with Gasteiger partial charge in [-0.3, -0.25) is 19.2 Å². The summed E-state index contributed by atoms with van der Waals surface area (Å²) in [5, 5.41) is 3.62. The van der Waals surface area contributed by atoms with Crippen LogP contribution in [0, 0.1) is 0 Å². The third kappa shape index (κ3) is 19.5. The van der Waals surface area contributed by atoms with Crippen LogP contribution in [0.25, 0.3) is 0 Å². The van der Waals surface area contributed by atoms with Gasteiger partial charge in [0.15, 0.2) is 0 Å². The van der Waals surface area contributed by atoms with Gasteiger partial charge in [-0.2, -0.15) is 11.8 Å². The summed E-state index contributed by atoms with van der Waals surface area (Å²) in [6, 6.07) is 3.28. The number of ether oxygens (including phenoxy) is 4. The van der Waals surface area contributed by atoms with E-state index in [-0.39, 0.29) is 31.3 Å². The summed E-state index contributed by atoms with van der Waals surface area (Å²) in [4.78, 5) is 64.7. The molecule has 0 aliphatic rings. The summed E-state index contributed by atoms with van der Waals surface area (Å²) in [6.07, 6.45) is 4.65. The minimum absolute atomic E-state index is 0.0741. The molecule has 1 aromatic carbocycles. The molecule has 0 heterocycles. The van der Waals surface area contributed by atoms with E-state index in [9.17, 15) is 24.0 Å². The summed E-state index contributed by atoms with van der Waals surface area (Å²) in [6.45, 7) is 9.56. The van der Waals surface area contributed by atoms with E-state index in [4.69, 9.17) is 18.9 Å². The SMILES string of the molecule is CC(=O)OCc1cc(C(CCCC(=O)NCCCCCCSC(C)C)OC(C)=O)cc(COC(C)=O)c1OC(=O)N(C)CCCN(C)C. The zero-order valence-electron chi connectivity index (χ0n) is 30.2. The molecule has 272 valence electrons. The number of nitrogens with one attached hydrogen (secondary N) is 1. The van der Waals surface area contributed by atoms with Crippen LogP contribution in [0.2, 0.25) is 0 Å². The summed E-state index contributed by atoms with van der Waals surface area (Å²) in [5.41, 5.74) is 1.18. The van der Waals surface area contributed by atoms with Crippen molar-refractivity contribution in [1.29, 1.82) is 0 Å². The summed E-state index contributed by atoms with van der Waals surface area (Å²) >= 11 is 1.97. The Morgan fingerprint density at radius 2 is 1.40 bits per heavy atom. The standard InChI is InChI=1S/C35H57N3O9S/c1-25(2)48-20-12-10-9-11-17-36-33(42)16-13-15-32(46-28(5)41)29-21-30(23-44-26(3)39)34(31(22-29)24-45-27(4)40)47-35(43)38(8)19-14-18-37(6)7/h21-22,25,32H,9-20,23-24H2,1-8H3,(H,36,42). The molecule has 2 amide bonds. The Hall–Kier alpha value is -3.32. The average Bonchev–Trinajstić information content (AvgIpc) is 2.99. The second-order valence-corrected chi connectivity index (χ2v) is 14.0.